The molecule has 1 saturated heterocycles. The molecule has 0 aliphatic carbocycles. The summed E-state index contributed by atoms with van der Waals surface area (Å²) in [5.74, 6) is -0.861. The number of ether oxygens (including phenoxy) is 3. The van der Waals surface area contributed by atoms with E-state index in [1.54, 1.807) is 12.1 Å². The van der Waals surface area contributed by atoms with Crippen LogP contribution in [0.3, 0.4) is 0 Å². The van der Waals surface area contributed by atoms with E-state index in [9.17, 15) is 17.6 Å². The van der Waals surface area contributed by atoms with Gasteiger partial charge >= 0.3 is 5.97 Å². The van der Waals surface area contributed by atoms with E-state index in [4.69, 9.17) is 14.2 Å². The zero-order valence-corrected chi connectivity index (χ0v) is 19.8. The van der Waals surface area contributed by atoms with E-state index in [1.165, 1.54) is 29.6 Å². The molecule has 0 bridgehead atoms. The van der Waals surface area contributed by atoms with Crippen LogP contribution in [0.2, 0.25) is 0 Å². The molecule has 11 heteroatoms. The average molecular weight is 492 g/mol. The zero-order chi connectivity index (χ0) is 24.3. The quantitative estimate of drug-likeness (QED) is 0.447. The Morgan fingerprint density at radius 1 is 1.18 bits per heavy atom. The Bertz CT molecular complexity index is 1300. The van der Waals surface area contributed by atoms with Gasteiger partial charge in [-0.05, 0) is 42.8 Å². The highest BCUT2D eigenvalue weighted by Crippen LogP contribution is 2.25. The minimum absolute atomic E-state index is 0.0316. The fourth-order valence-corrected chi connectivity index (χ4v) is 5.27. The maximum atomic E-state index is 13.9. The Labute approximate surface area is 197 Å². The zero-order valence-electron chi connectivity index (χ0n) is 19.0. The van der Waals surface area contributed by atoms with Crippen molar-refractivity contribution >= 4 is 27.0 Å². The van der Waals surface area contributed by atoms with Crippen LogP contribution in [0.4, 0.5) is 4.39 Å². The van der Waals surface area contributed by atoms with Gasteiger partial charge in [-0.2, -0.15) is 4.31 Å². The molecule has 0 spiro atoms. The summed E-state index contributed by atoms with van der Waals surface area (Å²) in [6.07, 6.45) is 0.796. The molecular formula is C23H26FN3O6S. The van der Waals surface area contributed by atoms with E-state index in [2.05, 4.69) is 4.98 Å². The molecule has 1 fully saturated rings. The normalized spacial score (nSPS) is 14.9. The van der Waals surface area contributed by atoms with Gasteiger partial charge < -0.3 is 18.8 Å². The minimum Gasteiger partial charge on any atom is -0.494 e. The molecule has 0 N–H and O–H groups in total. The predicted octanol–water partition coefficient (Wildman–Crippen LogP) is 2.97. The molecule has 0 amide bonds. The van der Waals surface area contributed by atoms with Crippen molar-refractivity contribution in [3.05, 3.63) is 53.6 Å². The molecule has 0 radical (unpaired) electrons. The van der Waals surface area contributed by atoms with Gasteiger partial charge in [0.25, 0.3) is 0 Å². The van der Waals surface area contributed by atoms with Crippen molar-refractivity contribution < 1.29 is 31.8 Å². The van der Waals surface area contributed by atoms with E-state index in [-0.39, 0.29) is 22.8 Å². The number of aryl methyl sites for hydroxylation is 1. The second kappa shape index (κ2) is 10.1. The third-order valence-corrected chi connectivity index (χ3v) is 7.47. The number of aromatic nitrogens is 2. The Balaban J connectivity index is 1.59. The maximum Gasteiger partial charge on any atom is 0.338 e. The smallest absolute Gasteiger partial charge is 0.338 e. The van der Waals surface area contributed by atoms with Crippen LogP contribution >= 0.6 is 0 Å². The fourth-order valence-electron chi connectivity index (χ4n) is 3.85. The molecule has 2 heterocycles. The lowest BCUT2D eigenvalue weighted by atomic mass is 10.2. The molecule has 0 saturated carbocycles. The van der Waals surface area contributed by atoms with E-state index < -0.39 is 21.8 Å². The fraction of sp³-hybridized carbons (Fsp3) is 0.391. The molecule has 1 aliphatic heterocycles. The molecule has 1 aromatic heterocycles. The number of sulfonamides is 1. The largest absolute Gasteiger partial charge is 0.494 e. The van der Waals surface area contributed by atoms with Crippen molar-refractivity contribution in [1.82, 2.24) is 13.9 Å². The van der Waals surface area contributed by atoms with Gasteiger partial charge in [0.05, 0.1) is 41.8 Å². The topological polar surface area (TPSA) is 100.0 Å². The van der Waals surface area contributed by atoms with Gasteiger partial charge in [0.2, 0.25) is 10.0 Å². The van der Waals surface area contributed by atoms with Gasteiger partial charge in [0, 0.05) is 19.6 Å². The number of rotatable bonds is 8. The average Bonchev–Trinajstić information content (AvgIpc) is 3.19. The molecule has 0 unspecified atom stereocenters. The molecular weight excluding hydrogens is 465 g/mol. The van der Waals surface area contributed by atoms with E-state index in [0.717, 1.165) is 18.0 Å². The summed E-state index contributed by atoms with van der Waals surface area (Å²) in [6, 6.07) is 8.65. The highest BCUT2D eigenvalue weighted by Gasteiger charge is 2.27. The van der Waals surface area contributed by atoms with Crippen LogP contribution in [0.1, 0.15) is 29.5 Å². The summed E-state index contributed by atoms with van der Waals surface area (Å²) >= 11 is 0. The molecule has 9 nitrogen and oxygen atoms in total. The van der Waals surface area contributed by atoms with E-state index >= 15 is 0 Å². The number of hydrogen-bond acceptors (Lipinski definition) is 7. The molecule has 0 atom stereocenters. The summed E-state index contributed by atoms with van der Waals surface area (Å²) in [4.78, 5) is 17.2. The Hall–Kier alpha value is -3.02. The molecule has 1 aliphatic rings. The van der Waals surface area contributed by atoms with Crippen molar-refractivity contribution in [2.24, 2.45) is 0 Å². The number of morpholine rings is 1. The van der Waals surface area contributed by atoms with E-state index in [1.807, 2.05) is 11.5 Å². The van der Waals surface area contributed by atoms with Crippen LogP contribution in [-0.2, 0) is 32.6 Å². The minimum atomic E-state index is -3.67. The maximum absolute atomic E-state index is 13.9. The lowest BCUT2D eigenvalue weighted by Crippen LogP contribution is -2.40. The van der Waals surface area contributed by atoms with Crippen LogP contribution in [0.15, 0.2) is 41.3 Å². The SMILES string of the molecule is CCCn1c(COC(=O)c2ccc(OC)c(F)c2)nc2cc(S(=O)(=O)N3CCOCC3)ccc21. The van der Waals surface area contributed by atoms with E-state index in [0.29, 0.717) is 44.2 Å². The molecule has 34 heavy (non-hydrogen) atoms. The van der Waals surface area contributed by atoms with Gasteiger partial charge in [-0.15, -0.1) is 0 Å². The third kappa shape index (κ3) is 4.77. The summed E-state index contributed by atoms with van der Waals surface area (Å²) in [5.41, 5.74) is 1.28. The molecule has 4 rings (SSSR count). The first-order chi connectivity index (χ1) is 16.3. The molecule has 182 valence electrons. The first kappa shape index (κ1) is 24.1. The van der Waals surface area contributed by atoms with Crippen molar-refractivity contribution in [1.29, 1.82) is 0 Å². The van der Waals surface area contributed by atoms with Crippen LogP contribution in [0, 0.1) is 5.82 Å². The number of esters is 1. The number of nitrogens with zero attached hydrogens (tertiary/aromatic N) is 3. The number of methoxy groups -OCH3 is 1. The number of carbonyl (C=O) groups is 1. The van der Waals surface area contributed by atoms with Crippen molar-refractivity contribution in [3.8, 4) is 5.75 Å². The van der Waals surface area contributed by atoms with Gasteiger partial charge in [-0.25, -0.2) is 22.6 Å². The third-order valence-electron chi connectivity index (χ3n) is 5.57. The first-order valence-electron chi connectivity index (χ1n) is 10.9. The van der Waals surface area contributed by atoms with Gasteiger partial charge in [-0.3, -0.25) is 0 Å². The first-order valence-corrected chi connectivity index (χ1v) is 12.4. The van der Waals surface area contributed by atoms with Crippen LogP contribution in [0.25, 0.3) is 11.0 Å². The Morgan fingerprint density at radius 2 is 1.94 bits per heavy atom. The summed E-state index contributed by atoms with van der Waals surface area (Å²) < 4.78 is 58.8. The Morgan fingerprint density at radius 3 is 2.62 bits per heavy atom. The van der Waals surface area contributed by atoms with Crippen LogP contribution in [0.5, 0.6) is 5.75 Å². The van der Waals surface area contributed by atoms with Gasteiger partial charge in [0.1, 0.15) is 12.4 Å². The Kier molecular flexibility index (Phi) is 7.15. The number of halogens is 1. The van der Waals surface area contributed by atoms with Gasteiger partial charge in [-0.1, -0.05) is 6.92 Å². The molecule has 2 aromatic carbocycles. The summed E-state index contributed by atoms with van der Waals surface area (Å²) in [7, 11) is -2.33. The standard InChI is InChI=1S/C23H26FN3O6S/c1-3-8-27-20-6-5-17(34(29,30)26-9-11-32-12-10-26)14-19(20)25-22(27)15-33-23(28)16-4-7-21(31-2)18(24)13-16/h4-7,13-14H,3,8-12,15H2,1-2H3. The monoisotopic (exact) mass is 491 g/mol. The highest BCUT2D eigenvalue weighted by molar-refractivity contribution is 7.89. The lowest BCUT2D eigenvalue weighted by Gasteiger charge is -2.26. The number of imidazole rings is 1. The highest BCUT2D eigenvalue weighted by atomic mass is 32.2. The number of carbonyl (C=O) groups excluding carboxylic acids is 1. The van der Waals surface area contributed by atoms with Gasteiger partial charge in [0.15, 0.2) is 11.6 Å². The summed E-state index contributed by atoms with van der Waals surface area (Å²) in [6.45, 7) is 3.79. The second-order valence-corrected chi connectivity index (χ2v) is 9.71. The predicted molar refractivity (Wildman–Crippen MR) is 122 cm³/mol. The number of hydrogen-bond donors (Lipinski definition) is 0. The van der Waals surface area contributed by atoms with Crippen molar-refractivity contribution in [2.75, 3.05) is 33.4 Å². The van der Waals surface area contributed by atoms with Crippen molar-refractivity contribution in [3.63, 3.8) is 0 Å². The summed E-state index contributed by atoms with van der Waals surface area (Å²) in [5, 5.41) is 0. The molecule has 3 aromatic rings. The van der Waals surface area contributed by atoms with Crippen molar-refractivity contribution in [2.45, 2.75) is 31.4 Å². The lowest BCUT2D eigenvalue weighted by molar-refractivity contribution is 0.0458. The number of benzene rings is 2. The van der Waals surface area contributed by atoms with Crippen LogP contribution in [-0.4, -0.2) is 61.7 Å². The number of fused-ring (bicyclic) bond motifs is 1. The van der Waals surface area contributed by atoms with Crippen LogP contribution < -0.4 is 4.74 Å². The second-order valence-electron chi connectivity index (χ2n) is 7.77.